The highest BCUT2D eigenvalue weighted by molar-refractivity contribution is 9.10. The Hall–Kier alpha value is -0.190. The van der Waals surface area contributed by atoms with Crippen LogP contribution in [0.2, 0.25) is 0 Å². The molecule has 2 nitrogen and oxygen atoms in total. The molecule has 0 spiro atoms. The Labute approximate surface area is 117 Å². The molecule has 1 rings (SSSR count). The van der Waals surface area contributed by atoms with Crippen LogP contribution in [-0.2, 0) is 0 Å². The molecule has 4 heteroatoms. The summed E-state index contributed by atoms with van der Waals surface area (Å²) in [5.74, 6) is 2.08. The van der Waals surface area contributed by atoms with Gasteiger partial charge in [-0.1, -0.05) is 28.9 Å². The molecule has 1 aromatic rings. The lowest BCUT2D eigenvalue weighted by molar-refractivity contribution is 0.306. The van der Waals surface area contributed by atoms with Gasteiger partial charge in [0.1, 0.15) is 12.4 Å². The predicted octanol–water partition coefficient (Wildman–Crippen LogP) is 3.56. The molecular weight excluding hydrogens is 298 g/mol. The van der Waals surface area contributed by atoms with Gasteiger partial charge in [0.05, 0.1) is 0 Å². The van der Waals surface area contributed by atoms with Crippen LogP contribution in [0.3, 0.4) is 0 Å². The first-order chi connectivity index (χ1) is 8.26. The molecule has 1 atom stereocenters. The van der Waals surface area contributed by atoms with Gasteiger partial charge >= 0.3 is 0 Å². The molecule has 0 radical (unpaired) electrons. The van der Waals surface area contributed by atoms with Gasteiger partial charge in [0.25, 0.3) is 0 Å². The third-order valence-corrected chi connectivity index (χ3v) is 3.69. The van der Waals surface area contributed by atoms with Crippen molar-refractivity contribution in [1.29, 1.82) is 0 Å². The Bertz CT molecular complexity index is 322. The maximum atomic E-state index is 5.66. The summed E-state index contributed by atoms with van der Waals surface area (Å²) in [6.07, 6.45) is 3.31. The van der Waals surface area contributed by atoms with Crippen LogP contribution in [-0.4, -0.2) is 31.2 Å². The first-order valence-corrected chi connectivity index (χ1v) is 8.05. The van der Waals surface area contributed by atoms with Crippen molar-refractivity contribution >= 4 is 27.7 Å². The van der Waals surface area contributed by atoms with Gasteiger partial charge in [-0.2, -0.15) is 11.8 Å². The number of thioether (sulfide) groups is 1. The number of rotatable bonds is 8. The van der Waals surface area contributed by atoms with E-state index in [2.05, 4.69) is 34.4 Å². The molecule has 0 amide bonds. The summed E-state index contributed by atoms with van der Waals surface area (Å²) < 4.78 is 6.71. The van der Waals surface area contributed by atoms with Crippen LogP contribution in [0.1, 0.15) is 13.3 Å². The molecule has 1 aromatic carbocycles. The Kier molecular flexibility index (Phi) is 7.73. The Morgan fingerprint density at radius 3 is 2.94 bits per heavy atom. The smallest absolute Gasteiger partial charge is 0.120 e. The molecule has 17 heavy (non-hydrogen) atoms. The van der Waals surface area contributed by atoms with Gasteiger partial charge in [0, 0.05) is 22.8 Å². The van der Waals surface area contributed by atoms with Gasteiger partial charge in [0.2, 0.25) is 0 Å². The lowest BCUT2D eigenvalue weighted by Crippen LogP contribution is -2.33. The van der Waals surface area contributed by atoms with Gasteiger partial charge in [-0.15, -0.1) is 0 Å². The summed E-state index contributed by atoms with van der Waals surface area (Å²) in [4.78, 5) is 0. The highest BCUT2D eigenvalue weighted by atomic mass is 79.9. The molecule has 0 aliphatic rings. The van der Waals surface area contributed by atoms with Crippen LogP contribution in [0.15, 0.2) is 28.7 Å². The lowest BCUT2D eigenvalue weighted by atomic mass is 10.2. The Balaban J connectivity index is 2.19. The standard InChI is InChI=1S/C13H20BrNOS/c1-3-12(10-17-2)15-7-8-16-13-6-4-5-11(14)9-13/h4-6,9,12,15H,3,7-8,10H2,1-2H3. The molecule has 0 fully saturated rings. The van der Waals surface area contributed by atoms with Crippen LogP contribution in [0.5, 0.6) is 5.75 Å². The zero-order valence-electron chi connectivity index (χ0n) is 10.4. The summed E-state index contributed by atoms with van der Waals surface area (Å²) in [6, 6.07) is 8.53. The minimum atomic E-state index is 0.594. The molecule has 1 N–H and O–H groups in total. The lowest BCUT2D eigenvalue weighted by Gasteiger charge is -2.15. The SMILES string of the molecule is CCC(CSC)NCCOc1cccc(Br)c1. The monoisotopic (exact) mass is 317 g/mol. The third kappa shape index (κ3) is 6.34. The fourth-order valence-electron chi connectivity index (χ4n) is 1.51. The van der Waals surface area contributed by atoms with Crippen molar-refractivity contribution in [2.75, 3.05) is 25.2 Å². The number of nitrogens with one attached hydrogen (secondary N) is 1. The molecule has 0 heterocycles. The fraction of sp³-hybridized carbons (Fsp3) is 0.538. The minimum absolute atomic E-state index is 0.594. The van der Waals surface area contributed by atoms with Crippen molar-refractivity contribution in [2.24, 2.45) is 0 Å². The molecule has 0 aromatic heterocycles. The zero-order valence-corrected chi connectivity index (χ0v) is 12.8. The van der Waals surface area contributed by atoms with E-state index in [9.17, 15) is 0 Å². The molecule has 0 bridgehead atoms. The molecular formula is C13H20BrNOS. The minimum Gasteiger partial charge on any atom is -0.492 e. The van der Waals surface area contributed by atoms with Crippen LogP contribution in [0, 0.1) is 0 Å². The average molecular weight is 318 g/mol. The largest absolute Gasteiger partial charge is 0.492 e. The second kappa shape index (κ2) is 8.84. The maximum Gasteiger partial charge on any atom is 0.120 e. The molecule has 0 saturated carbocycles. The van der Waals surface area contributed by atoms with Gasteiger partial charge in [-0.3, -0.25) is 0 Å². The number of halogens is 1. The van der Waals surface area contributed by atoms with Gasteiger partial charge in [-0.05, 0) is 30.9 Å². The van der Waals surface area contributed by atoms with E-state index in [1.54, 1.807) is 0 Å². The summed E-state index contributed by atoms with van der Waals surface area (Å²) in [6.45, 7) is 3.82. The molecule has 0 saturated heterocycles. The highest BCUT2D eigenvalue weighted by Gasteiger charge is 2.03. The summed E-state index contributed by atoms with van der Waals surface area (Å²) in [5, 5.41) is 3.50. The van der Waals surface area contributed by atoms with Crippen LogP contribution >= 0.6 is 27.7 Å². The van der Waals surface area contributed by atoms with Crippen molar-refractivity contribution in [3.05, 3.63) is 28.7 Å². The Morgan fingerprint density at radius 2 is 2.29 bits per heavy atom. The fourth-order valence-corrected chi connectivity index (χ4v) is 2.65. The average Bonchev–Trinajstić information content (AvgIpc) is 2.33. The number of benzene rings is 1. The Morgan fingerprint density at radius 1 is 1.47 bits per heavy atom. The van der Waals surface area contributed by atoms with Crippen molar-refractivity contribution in [1.82, 2.24) is 5.32 Å². The quantitative estimate of drug-likeness (QED) is 0.741. The molecule has 0 aliphatic carbocycles. The maximum absolute atomic E-state index is 5.66. The summed E-state index contributed by atoms with van der Waals surface area (Å²) >= 11 is 5.31. The second-order valence-corrected chi connectivity index (χ2v) is 5.65. The van der Waals surface area contributed by atoms with E-state index in [4.69, 9.17) is 4.74 Å². The summed E-state index contributed by atoms with van der Waals surface area (Å²) in [7, 11) is 0. The summed E-state index contributed by atoms with van der Waals surface area (Å²) in [5.41, 5.74) is 0. The van der Waals surface area contributed by atoms with Crippen molar-refractivity contribution in [3.63, 3.8) is 0 Å². The van der Waals surface area contributed by atoms with Gasteiger partial charge < -0.3 is 10.1 Å². The predicted molar refractivity (Wildman–Crippen MR) is 80.1 cm³/mol. The van der Waals surface area contributed by atoms with Crippen LogP contribution < -0.4 is 10.1 Å². The van der Waals surface area contributed by atoms with E-state index in [0.717, 1.165) is 28.9 Å². The number of hydrogen-bond donors (Lipinski definition) is 1. The van der Waals surface area contributed by atoms with Crippen molar-refractivity contribution in [2.45, 2.75) is 19.4 Å². The first kappa shape index (κ1) is 14.9. The molecule has 1 unspecified atom stereocenters. The van der Waals surface area contributed by atoms with Crippen molar-refractivity contribution in [3.8, 4) is 5.75 Å². The number of hydrogen-bond acceptors (Lipinski definition) is 3. The van der Waals surface area contributed by atoms with E-state index in [0.29, 0.717) is 12.6 Å². The third-order valence-electron chi connectivity index (χ3n) is 2.46. The topological polar surface area (TPSA) is 21.3 Å². The van der Waals surface area contributed by atoms with Crippen molar-refractivity contribution < 1.29 is 4.74 Å². The first-order valence-electron chi connectivity index (χ1n) is 5.87. The van der Waals surface area contributed by atoms with E-state index in [1.807, 2.05) is 36.0 Å². The second-order valence-electron chi connectivity index (χ2n) is 3.82. The van der Waals surface area contributed by atoms with Gasteiger partial charge in [0.15, 0.2) is 0 Å². The van der Waals surface area contributed by atoms with E-state index < -0.39 is 0 Å². The van der Waals surface area contributed by atoms with E-state index in [1.165, 1.54) is 0 Å². The van der Waals surface area contributed by atoms with E-state index in [-0.39, 0.29) is 0 Å². The molecule has 96 valence electrons. The highest BCUT2D eigenvalue weighted by Crippen LogP contribution is 2.17. The van der Waals surface area contributed by atoms with Gasteiger partial charge in [-0.25, -0.2) is 0 Å². The van der Waals surface area contributed by atoms with Crippen LogP contribution in [0.25, 0.3) is 0 Å². The van der Waals surface area contributed by atoms with Crippen LogP contribution in [0.4, 0.5) is 0 Å². The zero-order chi connectivity index (χ0) is 12.5. The molecule has 0 aliphatic heterocycles. The number of ether oxygens (including phenoxy) is 1. The normalized spacial score (nSPS) is 12.4. The van der Waals surface area contributed by atoms with E-state index >= 15 is 0 Å².